The van der Waals surface area contributed by atoms with Crippen molar-refractivity contribution < 1.29 is 18.3 Å². The van der Waals surface area contributed by atoms with E-state index in [2.05, 4.69) is 9.71 Å². The molecule has 0 fully saturated rings. The Balaban J connectivity index is 0.00000392. The van der Waals surface area contributed by atoms with Crippen LogP contribution in [0.3, 0.4) is 0 Å². The van der Waals surface area contributed by atoms with E-state index in [0.717, 1.165) is 24.8 Å². The van der Waals surface area contributed by atoms with Crippen molar-refractivity contribution in [2.75, 3.05) is 6.54 Å². The SMILES string of the molecule is Cl.O=C(O)CCCCCC(CNS(=O)(=O)c1ccc(Cl)cc1)c1cccnc1. The normalized spacial score (nSPS) is 12.2. The number of hydrogen-bond acceptors (Lipinski definition) is 4. The van der Waals surface area contributed by atoms with Crippen molar-refractivity contribution in [2.24, 2.45) is 0 Å². The van der Waals surface area contributed by atoms with Crippen molar-refractivity contribution in [2.45, 2.75) is 42.9 Å². The molecule has 2 rings (SSSR count). The van der Waals surface area contributed by atoms with Crippen molar-refractivity contribution in [1.82, 2.24) is 9.71 Å². The van der Waals surface area contributed by atoms with E-state index in [9.17, 15) is 13.2 Å². The molecule has 0 bridgehead atoms. The lowest BCUT2D eigenvalue weighted by molar-refractivity contribution is -0.137. The number of carboxylic acid groups (broad SMARTS) is 1. The zero-order valence-electron chi connectivity index (χ0n) is 15.3. The van der Waals surface area contributed by atoms with E-state index < -0.39 is 16.0 Å². The van der Waals surface area contributed by atoms with Gasteiger partial charge in [0.05, 0.1) is 4.90 Å². The Bertz CT molecular complexity index is 831. The quantitative estimate of drug-likeness (QED) is 0.502. The summed E-state index contributed by atoms with van der Waals surface area (Å²) in [5, 5.41) is 9.18. The third-order valence-electron chi connectivity index (χ3n) is 4.24. The van der Waals surface area contributed by atoms with E-state index in [4.69, 9.17) is 16.7 Å². The Morgan fingerprint density at radius 2 is 1.86 bits per heavy atom. The number of sulfonamides is 1. The first-order valence-corrected chi connectivity index (χ1v) is 10.6. The second-order valence-electron chi connectivity index (χ2n) is 6.28. The molecule has 1 heterocycles. The molecule has 9 heteroatoms. The maximum absolute atomic E-state index is 12.5. The van der Waals surface area contributed by atoms with Gasteiger partial charge in [-0.2, -0.15) is 0 Å². The third kappa shape index (κ3) is 8.14. The standard InChI is InChI=1S/C19H23ClN2O4S.ClH/c20-17-8-10-18(11-9-17)27(25,26)22-14-16(15-6-4-12-21-13-15)5-2-1-3-7-19(23)24;/h4,6,8-13,16,22H,1-3,5,7,14H2,(H,23,24);1H. The van der Waals surface area contributed by atoms with Gasteiger partial charge < -0.3 is 5.11 Å². The lowest BCUT2D eigenvalue weighted by atomic mass is 9.94. The van der Waals surface area contributed by atoms with E-state index >= 15 is 0 Å². The summed E-state index contributed by atoms with van der Waals surface area (Å²) in [4.78, 5) is 14.9. The van der Waals surface area contributed by atoms with Gasteiger partial charge in [-0.25, -0.2) is 13.1 Å². The smallest absolute Gasteiger partial charge is 0.303 e. The molecule has 1 aromatic carbocycles. The van der Waals surface area contributed by atoms with Crippen LogP contribution >= 0.6 is 24.0 Å². The summed E-state index contributed by atoms with van der Waals surface area (Å²) in [5.74, 6) is -0.833. The molecule has 0 saturated carbocycles. The fraction of sp³-hybridized carbons (Fsp3) is 0.368. The number of carboxylic acids is 1. The number of halogens is 2. The highest BCUT2D eigenvalue weighted by Gasteiger charge is 2.18. The minimum atomic E-state index is -3.63. The number of aliphatic carboxylic acids is 1. The lowest BCUT2D eigenvalue weighted by Crippen LogP contribution is -2.28. The Hall–Kier alpha value is -1.67. The average molecular weight is 447 g/mol. The van der Waals surface area contributed by atoms with E-state index in [1.807, 2.05) is 12.1 Å². The van der Waals surface area contributed by atoms with Gasteiger partial charge in [0.25, 0.3) is 0 Å². The van der Waals surface area contributed by atoms with Gasteiger partial charge in [0.15, 0.2) is 0 Å². The van der Waals surface area contributed by atoms with E-state index in [1.165, 1.54) is 24.3 Å². The number of nitrogens with one attached hydrogen (secondary N) is 1. The number of benzene rings is 1. The van der Waals surface area contributed by atoms with Crippen LogP contribution in [0.15, 0.2) is 53.7 Å². The number of pyridine rings is 1. The second kappa shape index (κ2) is 12.0. The van der Waals surface area contributed by atoms with Gasteiger partial charge in [-0.3, -0.25) is 9.78 Å². The van der Waals surface area contributed by atoms with Crippen LogP contribution in [-0.4, -0.2) is 31.0 Å². The van der Waals surface area contributed by atoms with Crippen molar-refractivity contribution in [3.05, 3.63) is 59.4 Å². The van der Waals surface area contributed by atoms with Crippen LogP contribution in [0.4, 0.5) is 0 Å². The van der Waals surface area contributed by atoms with E-state index in [0.29, 0.717) is 11.4 Å². The molecule has 0 radical (unpaired) electrons. The molecule has 28 heavy (non-hydrogen) atoms. The van der Waals surface area contributed by atoms with Crippen molar-refractivity contribution in [3.8, 4) is 0 Å². The molecule has 154 valence electrons. The lowest BCUT2D eigenvalue weighted by Gasteiger charge is -2.18. The molecule has 0 spiro atoms. The van der Waals surface area contributed by atoms with E-state index in [1.54, 1.807) is 12.4 Å². The zero-order valence-corrected chi connectivity index (χ0v) is 17.6. The molecule has 0 amide bonds. The first kappa shape index (κ1) is 24.4. The fourth-order valence-corrected chi connectivity index (χ4v) is 3.96. The van der Waals surface area contributed by atoms with Gasteiger partial charge in [-0.05, 0) is 54.7 Å². The summed E-state index contributed by atoms with van der Waals surface area (Å²) in [6, 6.07) is 9.76. The number of rotatable bonds is 11. The fourth-order valence-electron chi connectivity index (χ4n) is 2.76. The first-order chi connectivity index (χ1) is 12.9. The zero-order chi connectivity index (χ0) is 19.7. The van der Waals surface area contributed by atoms with Crippen LogP contribution in [0.2, 0.25) is 5.02 Å². The molecule has 0 aliphatic rings. The maximum Gasteiger partial charge on any atom is 0.303 e. The number of nitrogens with zero attached hydrogens (tertiary/aromatic N) is 1. The maximum atomic E-state index is 12.5. The monoisotopic (exact) mass is 446 g/mol. The summed E-state index contributed by atoms with van der Waals surface area (Å²) >= 11 is 5.81. The average Bonchev–Trinajstić information content (AvgIpc) is 2.64. The molecule has 1 unspecified atom stereocenters. The van der Waals surface area contributed by atoms with Crippen molar-refractivity contribution in [3.63, 3.8) is 0 Å². The second-order valence-corrected chi connectivity index (χ2v) is 8.49. The summed E-state index contributed by atoms with van der Waals surface area (Å²) in [6.07, 6.45) is 6.52. The largest absolute Gasteiger partial charge is 0.481 e. The molecule has 2 aromatic rings. The topological polar surface area (TPSA) is 96.4 Å². The van der Waals surface area contributed by atoms with Gasteiger partial charge in [-0.15, -0.1) is 12.4 Å². The molecule has 0 aliphatic carbocycles. The van der Waals surface area contributed by atoms with Gasteiger partial charge in [0, 0.05) is 30.4 Å². The molecule has 0 saturated heterocycles. The minimum absolute atomic E-state index is 0. The predicted octanol–water partition coefficient (Wildman–Crippen LogP) is 4.25. The van der Waals surface area contributed by atoms with Crippen LogP contribution in [0.1, 0.15) is 43.6 Å². The molecular weight excluding hydrogens is 423 g/mol. The summed E-state index contributed by atoms with van der Waals surface area (Å²) in [6.45, 7) is 0.246. The summed E-state index contributed by atoms with van der Waals surface area (Å²) in [7, 11) is -3.63. The Labute approximate surface area is 176 Å². The van der Waals surface area contributed by atoms with Crippen molar-refractivity contribution in [1.29, 1.82) is 0 Å². The van der Waals surface area contributed by atoms with Crippen LogP contribution in [-0.2, 0) is 14.8 Å². The van der Waals surface area contributed by atoms with Crippen LogP contribution in [0, 0.1) is 0 Å². The summed E-state index contributed by atoms with van der Waals surface area (Å²) in [5.41, 5.74) is 0.953. The third-order valence-corrected chi connectivity index (χ3v) is 5.93. The van der Waals surface area contributed by atoms with Gasteiger partial charge in [0.1, 0.15) is 0 Å². The van der Waals surface area contributed by atoms with Crippen LogP contribution in [0.25, 0.3) is 0 Å². The highest BCUT2D eigenvalue weighted by molar-refractivity contribution is 7.89. The minimum Gasteiger partial charge on any atom is -0.481 e. The molecule has 2 N–H and O–H groups in total. The Morgan fingerprint density at radius 1 is 1.14 bits per heavy atom. The predicted molar refractivity (Wildman–Crippen MR) is 112 cm³/mol. The first-order valence-electron chi connectivity index (χ1n) is 8.75. The van der Waals surface area contributed by atoms with E-state index in [-0.39, 0.29) is 36.2 Å². The Morgan fingerprint density at radius 3 is 2.46 bits per heavy atom. The highest BCUT2D eigenvalue weighted by atomic mass is 35.5. The van der Waals surface area contributed by atoms with Gasteiger partial charge in [0.2, 0.25) is 10.0 Å². The molecule has 0 aliphatic heterocycles. The number of aromatic nitrogens is 1. The number of carbonyl (C=O) groups is 1. The number of hydrogen-bond donors (Lipinski definition) is 2. The van der Waals surface area contributed by atoms with Crippen LogP contribution in [0.5, 0.6) is 0 Å². The highest BCUT2D eigenvalue weighted by Crippen LogP contribution is 2.22. The summed E-state index contributed by atoms with van der Waals surface area (Å²) < 4.78 is 27.7. The Kier molecular flexibility index (Phi) is 10.5. The molecule has 6 nitrogen and oxygen atoms in total. The van der Waals surface area contributed by atoms with Crippen LogP contribution < -0.4 is 4.72 Å². The van der Waals surface area contributed by atoms with Crippen molar-refractivity contribution >= 4 is 40.0 Å². The van der Waals surface area contributed by atoms with Gasteiger partial charge in [-0.1, -0.05) is 30.5 Å². The van der Waals surface area contributed by atoms with Gasteiger partial charge >= 0.3 is 5.97 Å². The molecule has 1 atom stereocenters. The molecule has 1 aromatic heterocycles. The molecular formula is C19H24Cl2N2O4S. The number of unbranched alkanes of at least 4 members (excludes halogenated alkanes) is 2.